The molecule has 0 amide bonds. The van der Waals surface area contributed by atoms with Gasteiger partial charge in [-0.05, 0) is 61.4 Å². The summed E-state index contributed by atoms with van der Waals surface area (Å²) in [4.78, 5) is 20.1. The SMILES string of the molecule is O=C(CCC1CCN(Cc2ccccc2)CC1)c1cc2ccncc2s1. The second-order valence-electron chi connectivity index (χ2n) is 7.19. The number of thiophene rings is 1. The fourth-order valence-corrected chi connectivity index (χ4v) is 4.75. The normalized spacial score (nSPS) is 16.2. The van der Waals surface area contributed by atoms with E-state index in [9.17, 15) is 4.79 Å². The Balaban J connectivity index is 1.25. The molecule has 1 fully saturated rings. The maximum atomic E-state index is 12.5. The molecule has 4 heteroatoms. The molecule has 1 saturated heterocycles. The molecule has 4 rings (SSSR count). The van der Waals surface area contributed by atoms with Gasteiger partial charge in [0.15, 0.2) is 5.78 Å². The Labute approximate surface area is 158 Å². The molecule has 2 aromatic heterocycles. The Morgan fingerprint density at radius 3 is 2.73 bits per heavy atom. The summed E-state index contributed by atoms with van der Waals surface area (Å²) >= 11 is 1.57. The number of aromatic nitrogens is 1. The van der Waals surface area contributed by atoms with Gasteiger partial charge >= 0.3 is 0 Å². The summed E-state index contributed by atoms with van der Waals surface area (Å²) in [5.41, 5.74) is 1.39. The third-order valence-corrected chi connectivity index (χ3v) is 6.46. The van der Waals surface area contributed by atoms with Crippen molar-refractivity contribution >= 4 is 27.2 Å². The lowest BCUT2D eigenvalue weighted by molar-refractivity contribution is 0.0965. The molecule has 26 heavy (non-hydrogen) atoms. The summed E-state index contributed by atoms with van der Waals surface area (Å²) in [5, 5.41) is 1.13. The van der Waals surface area contributed by atoms with Gasteiger partial charge in [0.1, 0.15) is 0 Å². The topological polar surface area (TPSA) is 33.2 Å². The van der Waals surface area contributed by atoms with Crippen LogP contribution in [0.5, 0.6) is 0 Å². The third kappa shape index (κ3) is 4.19. The van der Waals surface area contributed by atoms with Gasteiger partial charge in [0, 0.05) is 25.4 Å². The summed E-state index contributed by atoms with van der Waals surface area (Å²) in [6, 6.07) is 14.7. The van der Waals surface area contributed by atoms with Gasteiger partial charge in [0.25, 0.3) is 0 Å². The van der Waals surface area contributed by atoms with Gasteiger partial charge in [-0.15, -0.1) is 11.3 Å². The van der Waals surface area contributed by atoms with E-state index in [0.717, 1.165) is 41.0 Å². The number of rotatable bonds is 6. The Kier molecular flexibility index (Phi) is 5.42. The first kappa shape index (κ1) is 17.4. The zero-order chi connectivity index (χ0) is 17.8. The van der Waals surface area contributed by atoms with E-state index in [1.54, 1.807) is 17.5 Å². The van der Waals surface area contributed by atoms with Crippen LogP contribution in [0.15, 0.2) is 54.9 Å². The number of fused-ring (bicyclic) bond motifs is 1. The lowest BCUT2D eigenvalue weighted by Gasteiger charge is -2.31. The van der Waals surface area contributed by atoms with E-state index in [1.165, 1.54) is 18.4 Å². The molecule has 0 saturated carbocycles. The van der Waals surface area contributed by atoms with Gasteiger partial charge in [-0.2, -0.15) is 0 Å². The molecule has 0 atom stereocenters. The molecule has 0 radical (unpaired) electrons. The van der Waals surface area contributed by atoms with Crippen molar-refractivity contribution in [3.05, 3.63) is 65.3 Å². The third-order valence-electron chi connectivity index (χ3n) is 5.33. The molecule has 1 aliphatic rings. The Hall–Kier alpha value is -2.04. The molecule has 0 aliphatic carbocycles. The average molecular weight is 365 g/mol. The quantitative estimate of drug-likeness (QED) is 0.566. The Morgan fingerprint density at radius 2 is 1.96 bits per heavy atom. The predicted molar refractivity (Wildman–Crippen MR) is 108 cm³/mol. The van der Waals surface area contributed by atoms with E-state index >= 15 is 0 Å². The molecule has 1 aromatic carbocycles. The standard InChI is InChI=1S/C22H24N2OS/c25-20(21-14-19-8-11-23-15-22(19)26-21)7-6-17-9-12-24(13-10-17)16-18-4-2-1-3-5-18/h1-5,8,11,14-15,17H,6-7,9-10,12-13,16H2. The number of benzene rings is 1. The van der Waals surface area contributed by atoms with E-state index in [1.807, 2.05) is 18.3 Å². The molecular formula is C22H24N2OS. The molecule has 3 nitrogen and oxygen atoms in total. The fourth-order valence-electron chi connectivity index (χ4n) is 3.76. The molecule has 0 unspecified atom stereocenters. The summed E-state index contributed by atoms with van der Waals surface area (Å²) in [6.07, 6.45) is 7.73. The van der Waals surface area contributed by atoms with Gasteiger partial charge in [-0.3, -0.25) is 14.7 Å². The highest BCUT2D eigenvalue weighted by molar-refractivity contribution is 7.20. The molecule has 134 valence electrons. The number of likely N-dealkylation sites (tertiary alicyclic amines) is 1. The number of hydrogen-bond donors (Lipinski definition) is 0. The van der Waals surface area contributed by atoms with Crippen LogP contribution in [0.2, 0.25) is 0 Å². The van der Waals surface area contributed by atoms with Crippen molar-refractivity contribution in [2.75, 3.05) is 13.1 Å². The van der Waals surface area contributed by atoms with Crippen LogP contribution in [0.3, 0.4) is 0 Å². The Morgan fingerprint density at radius 1 is 1.15 bits per heavy atom. The fraction of sp³-hybridized carbons (Fsp3) is 0.364. The van der Waals surface area contributed by atoms with Crippen LogP contribution >= 0.6 is 11.3 Å². The van der Waals surface area contributed by atoms with E-state index in [0.29, 0.717) is 12.3 Å². The monoisotopic (exact) mass is 364 g/mol. The van der Waals surface area contributed by atoms with E-state index in [-0.39, 0.29) is 5.78 Å². The first-order chi connectivity index (χ1) is 12.8. The molecular weight excluding hydrogens is 340 g/mol. The molecule has 3 heterocycles. The highest BCUT2D eigenvalue weighted by Crippen LogP contribution is 2.28. The van der Waals surface area contributed by atoms with Crippen LogP contribution in [0.25, 0.3) is 10.1 Å². The second-order valence-corrected chi connectivity index (χ2v) is 8.27. The van der Waals surface area contributed by atoms with Crippen LogP contribution in [-0.4, -0.2) is 28.8 Å². The van der Waals surface area contributed by atoms with Crippen LogP contribution < -0.4 is 0 Å². The maximum Gasteiger partial charge on any atom is 0.172 e. The zero-order valence-electron chi connectivity index (χ0n) is 14.9. The Bertz CT molecular complexity index is 833. The molecule has 0 N–H and O–H groups in total. The van der Waals surface area contributed by atoms with Crippen molar-refractivity contribution in [2.45, 2.75) is 32.2 Å². The number of carbonyl (C=O) groups is 1. The van der Waals surface area contributed by atoms with E-state index in [4.69, 9.17) is 0 Å². The van der Waals surface area contributed by atoms with Crippen molar-refractivity contribution < 1.29 is 4.79 Å². The van der Waals surface area contributed by atoms with Gasteiger partial charge < -0.3 is 0 Å². The summed E-state index contributed by atoms with van der Waals surface area (Å²) < 4.78 is 1.10. The first-order valence-electron chi connectivity index (χ1n) is 9.41. The number of Topliss-reactive ketones (excluding diaryl/α,β-unsaturated/α-hetero) is 1. The van der Waals surface area contributed by atoms with Gasteiger partial charge in [-0.25, -0.2) is 0 Å². The van der Waals surface area contributed by atoms with Crippen molar-refractivity contribution in [3.8, 4) is 0 Å². The summed E-state index contributed by atoms with van der Waals surface area (Å²) in [6.45, 7) is 3.33. The summed E-state index contributed by atoms with van der Waals surface area (Å²) in [7, 11) is 0. The number of carbonyl (C=O) groups excluding carboxylic acids is 1. The molecule has 0 bridgehead atoms. The number of hydrogen-bond acceptors (Lipinski definition) is 4. The van der Waals surface area contributed by atoms with Crippen molar-refractivity contribution in [1.82, 2.24) is 9.88 Å². The highest BCUT2D eigenvalue weighted by Gasteiger charge is 2.20. The number of piperidine rings is 1. The van der Waals surface area contributed by atoms with Crippen molar-refractivity contribution in [1.29, 1.82) is 0 Å². The minimum Gasteiger partial charge on any atom is -0.299 e. The molecule has 0 spiro atoms. The van der Waals surface area contributed by atoms with E-state index in [2.05, 4.69) is 40.2 Å². The average Bonchev–Trinajstić information content (AvgIpc) is 3.12. The number of nitrogens with zero attached hydrogens (tertiary/aromatic N) is 2. The zero-order valence-corrected chi connectivity index (χ0v) is 15.8. The van der Waals surface area contributed by atoms with Crippen molar-refractivity contribution in [3.63, 3.8) is 0 Å². The summed E-state index contributed by atoms with van der Waals surface area (Å²) in [5.74, 6) is 0.972. The predicted octanol–water partition coefficient (Wildman–Crippen LogP) is 5.17. The maximum absolute atomic E-state index is 12.5. The molecule has 1 aliphatic heterocycles. The first-order valence-corrected chi connectivity index (χ1v) is 10.2. The number of ketones is 1. The van der Waals surface area contributed by atoms with Crippen LogP contribution in [0.4, 0.5) is 0 Å². The van der Waals surface area contributed by atoms with Crippen LogP contribution in [-0.2, 0) is 6.54 Å². The smallest absolute Gasteiger partial charge is 0.172 e. The largest absolute Gasteiger partial charge is 0.299 e. The minimum atomic E-state index is 0.290. The van der Waals surface area contributed by atoms with Gasteiger partial charge in [0.2, 0.25) is 0 Å². The van der Waals surface area contributed by atoms with Crippen LogP contribution in [0.1, 0.15) is 40.9 Å². The van der Waals surface area contributed by atoms with Crippen LogP contribution in [0, 0.1) is 5.92 Å². The molecule has 3 aromatic rings. The van der Waals surface area contributed by atoms with Gasteiger partial charge in [-0.1, -0.05) is 30.3 Å². The number of pyridine rings is 1. The highest BCUT2D eigenvalue weighted by atomic mass is 32.1. The van der Waals surface area contributed by atoms with Gasteiger partial charge in [0.05, 0.1) is 9.58 Å². The lowest BCUT2D eigenvalue weighted by atomic mass is 9.91. The van der Waals surface area contributed by atoms with E-state index < -0.39 is 0 Å². The lowest BCUT2D eigenvalue weighted by Crippen LogP contribution is -2.33. The second kappa shape index (κ2) is 8.11. The minimum absolute atomic E-state index is 0.290. The van der Waals surface area contributed by atoms with Crippen molar-refractivity contribution in [2.24, 2.45) is 5.92 Å².